The van der Waals surface area contributed by atoms with Crippen molar-refractivity contribution in [2.24, 2.45) is 0 Å². The van der Waals surface area contributed by atoms with E-state index in [4.69, 9.17) is 9.47 Å². The fraction of sp³-hybridized carbons (Fsp3) is 1.00. The van der Waals surface area contributed by atoms with Gasteiger partial charge >= 0.3 is 0 Å². The maximum Gasteiger partial charge on any atom is 0.0707 e. The molecule has 2 aliphatic heterocycles. The first-order chi connectivity index (χ1) is 9.04. The molecule has 2 heterocycles. The molecular formula is C15H30N2O2. The minimum absolute atomic E-state index is 0.357. The number of rotatable bonds is 5. The Kier molecular flexibility index (Phi) is 5.63. The van der Waals surface area contributed by atoms with Crippen LogP contribution in [-0.4, -0.2) is 61.5 Å². The first-order valence-corrected chi connectivity index (χ1v) is 7.79. The minimum Gasteiger partial charge on any atom is -0.376 e. The van der Waals surface area contributed by atoms with E-state index in [1.54, 1.807) is 0 Å². The molecule has 112 valence electrons. The molecule has 2 saturated heterocycles. The Balaban J connectivity index is 1.72. The Morgan fingerprint density at radius 2 is 1.95 bits per heavy atom. The van der Waals surface area contributed by atoms with Crippen LogP contribution in [0.3, 0.4) is 0 Å². The lowest BCUT2D eigenvalue weighted by Crippen LogP contribution is -2.50. The van der Waals surface area contributed by atoms with Gasteiger partial charge in [-0.15, -0.1) is 0 Å². The fourth-order valence-electron chi connectivity index (χ4n) is 2.92. The Morgan fingerprint density at radius 1 is 1.21 bits per heavy atom. The first-order valence-electron chi connectivity index (χ1n) is 7.79. The molecule has 1 N–H and O–H groups in total. The second kappa shape index (κ2) is 7.02. The van der Waals surface area contributed by atoms with Gasteiger partial charge in [0.2, 0.25) is 0 Å². The van der Waals surface area contributed by atoms with Gasteiger partial charge in [-0.2, -0.15) is 0 Å². The average Bonchev–Trinajstić information content (AvgIpc) is 2.79. The van der Waals surface area contributed by atoms with Crippen LogP contribution in [0.5, 0.6) is 0 Å². The standard InChI is InChI=1S/C15H30N2O2/c1-11(2)16-7-14-5-6-15(19-14)9-17-8-13(4)18-10-12(17)3/h11-16H,5-10H2,1-4H3. The van der Waals surface area contributed by atoms with Gasteiger partial charge in [0.25, 0.3) is 0 Å². The molecule has 0 aromatic carbocycles. The third-order valence-electron chi connectivity index (χ3n) is 4.12. The van der Waals surface area contributed by atoms with Crippen molar-refractivity contribution < 1.29 is 9.47 Å². The van der Waals surface area contributed by atoms with E-state index < -0.39 is 0 Å². The number of nitrogens with one attached hydrogen (secondary N) is 1. The smallest absolute Gasteiger partial charge is 0.0707 e. The number of hydrogen-bond donors (Lipinski definition) is 1. The third kappa shape index (κ3) is 4.71. The normalized spacial score (nSPS) is 37.1. The van der Waals surface area contributed by atoms with Gasteiger partial charge in [-0.05, 0) is 26.7 Å². The molecule has 0 saturated carbocycles. The van der Waals surface area contributed by atoms with E-state index in [-0.39, 0.29) is 0 Å². The summed E-state index contributed by atoms with van der Waals surface area (Å²) in [5.41, 5.74) is 0. The molecule has 4 unspecified atom stereocenters. The highest BCUT2D eigenvalue weighted by atomic mass is 16.5. The van der Waals surface area contributed by atoms with Crippen LogP contribution in [0.15, 0.2) is 0 Å². The second-order valence-corrected chi connectivity index (χ2v) is 6.47. The van der Waals surface area contributed by atoms with Crippen molar-refractivity contribution in [1.82, 2.24) is 10.2 Å². The van der Waals surface area contributed by atoms with Crippen molar-refractivity contribution in [2.45, 2.75) is 70.9 Å². The van der Waals surface area contributed by atoms with Crippen LogP contribution < -0.4 is 5.32 Å². The van der Waals surface area contributed by atoms with Gasteiger partial charge in [0.05, 0.1) is 24.9 Å². The summed E-state index contributed by atoms with van der Waals surface area (Å²) in [7, 11) is 0. The molecule has 2 rings (SSSR count). The molecule has 4 atom stereocenters. The topological polar surface area (TPSA) is 33.7 Å². The number of nitrogens with zero attached hydrogens (tertiary/aromatic N) is 1. The molecule has 0 aromatic rings. The van der Waals surface area contributed by atoms with Gasteiger partial charge in [-0.3, -0.25) is 4.90 Å². The number of ether oxygens (including phenoxy) is 2. The molecule has 0 radical (unpaired) electrons. The number of hydrogen-bond acceptors (Lipinski definition) is 4. The summed E-state index contributed by atoms with van der Waals surface area (Å²) in [5, 5.41) is 3.47. The van der Waals surface area contributed by atoms with Gasteiger partial charge < -0.3 is 14.8 Å². The van der Waals surface area contributed by atoms with Crippen LogP contribution in [0.2, 0.25) is 0 Å². The van der Waals surface area contributed by atoms with E-state index in [1.807, 2.05) is 0 Å². The molecule has 0 spiro atoms. The minimum atomic E-state index is 0.357. The Morgan fingerprint density at radius 3 is 2.68 bits per heavy atom. The van der Waals surface area contributed by atoms with Crippen molar-refractivity contribution in [3.63, 3.8) is 0 Å². The monoisotopic (exact) mass is 270 g/mol. The lowest BCUT2D eigenvalue weighted by molar-refractivity contribution is -0.0691. The molecule has 0 amide bonds. The summed E-state index contributed by atoms with van der Waals surface area (Å²) in [6.07, 6.45) is 3.56. The highest BCUT2D eigenvalue weighted by Gasteiger charge is 2.30. The van der Waals surface area contributed by atoms with Crippen LogP contribution in [0, 0.1) is 0 Å². The lowest BCUT2D eigenvalue weighted by atomic mass is 10.1. The zero-order valence-electron chi connectivity index (χ0n) is 12.9. The van der Waals surface area contributed by atoms with E-state index in [9.17, 15) is 0 Å². The molecule has 4 heteroatoms. The van der Waals surface area contributed by atoms with E-state index >= 15 is 0 Å². The molecule has 0 aliphatic carbocycles. The summed E-state index contributed by atoms with van der Waals surface area (Å²) < 4.78 is 11.8. The van der Waals surface area contributed by atoms with Crippen molar-refractivity contribution in [1.29, 1.82) is 0 Å². The van der Waals surface area contributed by atoms with Crippen molar-refractivity contribution in [3.8, 4) is 0 Å². The quantitative estimate of drug-likeness (QED) is 0.823. The van der Waals surface area contributed by atoms with E-state index in [1.165, 1.54) is 12.8 Å². The predicted molar refractivity (Wildman–Crippen MR) is 77.5 cm³/mol. The zero-order valence-corrected chi connectivity index (χ0v) is 12.9. The van der Waals surface area contributed by atoms with Gasteiger partial charge in [0.15, 0.2) is 0 Å². The Bertz CT molecular complexity index is 273. The highest BCUT2D eigenvalue weighted by molar-refractivity contribution is 4.82. The molecule has 2 fully saturated rings. The van der Waals surface area contributed by atoms with Gasteiger partial charge in [-0.1, -0.05) is 13.8 Å². The maximum atomic E-state index is 6.15. The summed E-state index contributed by atoms with van der Waals surface area (Å²) in [6.45, 7) is 12.7. The highest BCUT2D eigenvalue weighted by Crippen LogP contribution is 2.22. The molecule has 19 heavy (non-hydrogen) atoms. The van der Waals surface area contributed by atoms with Crippen LogP contribution >= 0.6 is 0 Å². The molecule has 2 aliphatic rings. The van der Waals surface area contributed by atoms with E-state index in [2.05, 4.69) is 37.9 Å². The number of morpholine rings is 1. The van der Waals surface area contributed by atoms with E-state index in [0.717, 1.165) is 26.2 Å². The zero-order chi connectivity index (χ0) is 13.8. The van der Waals surface area contributed by atoms with Crippen molar-refractivity contribution >= 4 is 0 Å². The van der Waals surface area contributed by atoms with Crippen molar-refractivity contribution in [2.75, 3.05) is 26.2 Å². The predicted octanol–water partition coefficient (Wildman–Crippen LogP) is 1.64. The SMILES string of the molecule is CC(C)NCC1CCC(CN2CC(C)OCC2C)O1. The molecule has 4 nitrogen and oxygen atoms in total. The van der Waals surface area contributed by atoms with Gasteiger partial charge in [0, 0.05) is 31.7 Å². The summed E-state index contributed by atoms with van der Waals surface area (Å²) in [6, 6.07) is 1.07. The summed E-state index contributed by atoms with van der Waals surface area (Å²) >= 11 is 0. The van der Waals surface area contributed by atoms with Crippen LogP contribution in [0.1, 0.15) is 40.5 Å². The molecule has 0 bridgehead atoms. The summed E-state index contributed by atoms with van der Waals surface area (Å²) in [5.74, 6) is 0. The largest absolute Gasteiger partial charge is 0.376 e. The van der Waals surface area contributed by atoms with Gasteiger partial charge in [-0.25, -0.2) is 0 Å². The third-order valence-corrected chi connectivity index (χ3v) is 4.12. The Labute approximate surface area is 117 Å². The fourth-order valence-corrected chi connectivity index (χ4v) is 2.92. The average molecular weight is 270 g/mol. The molecular weight excluding hydrogens is 240 g/mol. The lowest BCUT2D eigenvalue weighted by Gasteiger charge is -2.38. The maximum absolute atomic E-state index is 6.15. The molecule has 0 aromatic heterocycles. The Hall–Kier alpha value is -0.160. The van der Waals surface area contributed by atoms with Crippen LogP contribution in [0.4, 0.5) is 0 Å². The van der Waals surface area contributed by atoms with Crippen LogP contribution in [0.25, 0.3) is 0 Å². The van der Waals surface area contributed by atoms with Crippen molar-refractivity contribution in [3.05, 3.63) is 0 Å². The summed E-state index contributed by atoms with van der Waals surface area (Å²) in [4.78, 5) is 2.52. The first kappa shape index (κ1) is 15.2. The van der Waals surface area contributed by atoms with Gasteiger partial charge in [0.1, 0.15) is 0 Å². The van der Waals surface area contributed by atoms with E-state index in [0.29, 0.717) is 30.4 Å². The second-order valence-electron chi connectivity index (χ2n) is 6.47. The van der Waals surface area contributed by atoms with Crippen LogP contribution in [-0.2, 0) is 9.47 Å².